The van der Waals surface area contributed by atoms with E-state index in [1.807, 2.05) is 0 Å². The molecule has 1 spiro atoms. The van der Waals surface area contributed by atoms with Crippen molar-refractivity contribution in [1.82, 2.24) is 0 Å². The van der Waals surface area contributed by atoms with Gasteiger partial charge < -0.3 is 5.11 Å². The van der Waals surface area contributed by atoms with Crippen LogP contribution < -0.4 is 0 Å². The Morgan fingerprint density at radius 2 is 0.692 bits per heavy atom. The monoisotopic (exact) mass is 218 g/mol. The summed E-state index contributed by atoms with van der Waals surface area (Å²) in [6.45, 7) is -2.28. The SMILES string of the molecule is CO.[CH]12[CH]3[CH]4[CH]5[CH]1[Fe]23451678[CH]2[CH]1[CH]6[CH]7[CH]28. The van der Waals surface area contributed by atoms with Crippen LogP contribution in [0.4, 0.5) is 0 Å². The second-order valence-corrected chi connectivity index (χ2v) is 33.5. The summed E-state index contributed by atoms with van der Waals surface area (Å²) >= 11 is 0. The summed E-state index contributed by atoms with van der Waals surface area (Å²) in [5, 5.41) is 7.00. The fourth-order valence-corrected chi connectivity index (χ4v) is 88.0. The van der Waals surface area contributed by atoms with Gasteiger partial charge in [0, 0.05) is 7.11 Å². The van der Waals surface area contributed by atoms with Gasteiger partial charge in [0.2, 0.25) is 0 Å². The van der Waals surface area contributed by atoms with E-state index in [0.717, 1.165) is 7.11 Å². The Hall–Kier alpha value is 0.479. The Morgan fingerprint density at radius 3 is 0.692 bits per heavy atom. The van der Waals surface area contributed by atoms with Gasteiger partial charge in [0.05, 0.1) is 0 Å². The zero-order valence-corrected chi connectivity index (χ0v) is 8.68. The van der Waals surface area contributed by atoms with Crippen molar-refractivity contribution in [3.63, 3.8) is 0 Å². The number of fused-ring (bicyclic) bond motifs is 10. The Balaban J connectivity index is 0.000000212. The molecule has 0 aromatic rings. The molecule has 0 aromatic carbocycles. The summed E-state index contributed by atoms with van der Waals surface area (Å²) < 4.78 is 0. The summed E-state index contributed by atoms with van der Waals surface area (Å²) in [7, 11) is 1.00. The summed E-state index contributed by atoms with van der Waals surface area (Å²) in [4.78, 5) is 15.9. The van der Waals surface area contributed by atoms with Gasteiger partial charge in [-0.1, -0.05) is 0 Å². The third-order valence-corrected chi connectivity index (χ3v) is 56.5. The number of aliphatic hydroxyl groups is 1. The van der Waals surface area contributed by atoms with Gasteiger partial charge in [-0.15, -0.1) is 0 Å². The van der Waals surface area contributed by atoms with E-state index in [1.165, 1.54) is 0 Å². The first-order valence-corrected chi connectivity index (χ1v) is 12.2. The molecule has 10 heterocycles. The fraction of sp³-hybridized carbons (Fsp3) is 1.00. The zero-order valence-electron chi connectivity index (χ0n) is 7.57. The molecule has 10 aliphatic rings. The van der Waals surface area contributed by atoms with Crippen LogP contribution in [0.1, 0.15) is 0 Å². The van der Waals surface area contributed by atoms with Gasteiger partial charge in [0.25, 0.3) is 0 Å². The molecular weight excluding hydrogens is 204 g/mol. The molecular formula is C11H14FeO. The van der Waals surface area contributed by atoms with Crippen molar-refractivity contribution in [3.8, 4) is 0 Å². The van der Waals surface area contributed by atoms with Gasteiger partial charge in [-0.05, 0) is 0 Å². The molecule has 1 N–H and O–H groups in total. The van der Waals surface area contributed by atoms with Gasteiger partial charge in [0.15, 0.2) is 0 Å². The zero-order chi connectivity index (χ0) is 8.09. The van der Waals surface area contributed by atoms with Crippen molar-refractivity contribution in [3.05, 3.63) is 0 Å². The van der Waals surface area contributed by atoms with Crippen molar-refractivity contribution >= 4 is 0 Å². The third kappa shape index (κ3) is 0.0341. The van der Waals surface area contributed by atoms with Crippen molar-refractivity contribution in [1.29, 1.82) is 0 Å². The number of hydrogen-bond donors (Lipinski definition) is 1. The van der Waals surface area contributed by atoms with Crippen LogP contribution in [0.3, 0.4) is 0 Å². The second-order valence-electron chi connectivity index (χ2n) is 9.58. The van der Waals surface area contributed by atoms with E-state index in [-0.39, 0.29) is 0 Å². The molecule has 0 saturated carbocycles. The summed E-state index contributed by atoms with van der Waals surface area (Å²) in [5.41, 5.74) is 0. The molecule has 0 radical (unpaired) electrons. The molecule has 0 aliphatic carbocycles. The molecule has 10 rings (SSSR count). The molecule has 13 heavy (non-hydrogen) atoms. The minimum absolute atomic E-state index is 1.00. The van der Waals surface area contributed by atoms with Crippen LogP contribution in [-0.4, -0.2) is 12.2 Å². The molecule has 10 fully saturated rings. The van der Waals surface area contributed by atoms with Crippen LogP contribution in [0.5, 0.6) is 0 Å². The van der Waals surface area contributed by atoms with E-state index < -0.39 is 6.51 Å². The maximum absolute atomic E-state index is 7.00. The second kappa shape index (κ2) is 0.289. The van der Waals surface area contributed by atoms with Crippen LogP contribution in [0.25, 0.3) is 0 Å². The molecule has 72 valence electrons. The predicted octanol–water partition coefficient (Wildman–Crippen LogP) is 2.98. The average molecular weight is 218 g/mol. The van der Waals surface area contributed by atoms with Crippen molar-refractivity contribution in [2.45, 2.75) is 48.2 Å². The predicted molar refractivity (Wildman–Crippen MR) is 45.6 cm³/mol. The standard InChI is InChI=1S/2C5H5.CH4O.Fe/c2*1-2-4-5-3-1;1-2;/h2*1-5H;2H,1H3;. The van der Waals surface area contributed by atoms with E-state index >= 15 is 0 Å². The third-order valence-electron chi connectivity index (χ3n) is 14.5. The molecule has 0 amide bonds. The minimum atomic E-state index is -2.28. The number of aliphatic hydroxyl groups excluding tert-OH is 1. The summed E-state index contributed by atoms with van der Waals surface area (Å²) in [6.07, 6.45) is 0. The van der Waals surface area contributed by atoms with Gasteiger partial charge in [-0.3, -0.25) is 0 Å². The average Bonchev–Trinajstić information content (AvgIpc) is 3.15. The van der Waals surface area contributed by atoms with Crippen LogP contribution in [0.2, 0.25) is 48.2 Å². The van der Waals surface area contributed by atoms with E-state index in [0.29, 0.717) is 0 Å². The van der Waals surface area contributed by atoms with Crippen LogP contribution >= 0.6 is 0 Å². The first-order valence-electron chi connectivity index (χ1n) is 5.82. The van der Waals surface area contributed by atoms with E-state index in [2.05, 4.69) is 0 Å². The quantitative estimate of drug-likeness (QED) is 0.619. The Labute approximate surface area is 67.2 Å². The Kier molecular flexibility index (Phi) is 0.101. The van der Waals surface area contributed by atoms with Gasteiger partial charge >= 0.3 is 54.7 Å². The number of rotatable bonds is 0. The normalized spacial score (nSPS) is 145. The molecule has 0 aromatic heterocycles. The van der Waals surface area contributed by atoms with E-state index in [9.17, 15) is 0 Å². The van der Waals surface area contributed by atoms with E-state index in [4.69, 9.17) is 5.11 Å². The molecule has 2 heteroatoms. The Bertz CT molecular complexity index is 578. The fourth-order valence-electron chi connectivity index (χ4n) is 15.8. The van der Waals surface area contributed by atoms with E-state index in [1.54, 1.807) is 48.2 Å². The Morgan fingerprint density at radius 1 is 0.538 bits per heavy atom. The molecule has 1 nitrogen and oxygen atoms in total. The first kappa shape index (κ1) is 4.55. The van der Waals surface area contributed by atoms with Crippen LogP contribution in [-0.2, 0) is 6.51 Å². The summed E-state index contributed by atoms with van der Waals surface area (Å²) in [5.74, 6) is 0. The first-order chi connectivity index (χ1) is 6.16. The van der Waals surface area contributed by atoms with Crippen LogP contribution in [0, 0.1) is 0 Å². The van der Waals surface area contributed by atoms with Gasteiger partial charge in [0.1, 0.15) is 0 Å². The van der Waals surface area contributed by atoms with Crippen molar-refractivity contribution in [2.24, 2.45) is 0 Å². The molecule has 0 unspecified atom stereocenters. The van der Waals surface area contributed by atoms with Gasteiger partial charge in [-0.25, -0.2) is 0 Å². The topological polar surface area (TPSA) is 20.2 Å². The maximum atomic E-state index is 7.00. The number of hydrogen-bond acceptors (Lipinski definition) is 1. The molecule has 10 saturated heterocycles. The molecule has 0 bridgehead atoms. The van der Waals surface area contributed by atoms with Crippen LogP contribution in [0.15, 0.2) is 0 Å². The molecule has 0 atom stereocenters. The van der Waals surface area contributed by atoms with Gasteiger partial charge in [-0.2, -0.15) is 0 Å². The van der Waals surface area contributed by atoms with Crippen molar-refractivity contribution in [2.75, 3.05) is 7.11 Å². The molecule has 10 aliphatic heterocycles. The summed E-state index contributed by atoms with van der Waals surface area (Å²) in [6, 6.07) is 0. The van der Waals surface area contributed by atoms with Crippen molar-refractivity contribution < 1.29 is 11.6 Å².